The molecule has 0 radical (unpaired) electrons. The molecular weight excluding hydrogens is 586 g/mol. The van der Waals surface area contributed by atoms with E-state index in [2.05, 4.69) is 22.4 Å². The van der Waals surface area contributed by atoms with Crippen LogP contribution in [-0.2, 0) is 11.2 Å². The third-order valence-corrected chi connectivity index (χ3v) is 10.8. The first-order chi connectivity index (χ1) is 22.3. The SMILES string of the molecule is [C-]#[N+]C[C@H]1CN(c2nc(OCC3(CN4CCCC4)CC3)nc3c(F)c(-c4cccc5c4C4CC4C5)ccc23)CCN1C(=O)C(=C)F. The van der Waals surface area contributed by atoms with Crippen LogP contribution in [0.15, 0.2) is 42.7 Å². The van der Waals surface area contributed by atoms with Gasteiger partial charge in [0.1, 0.15) is 17.4 Å². The average molecular weight is 625 g/mol. The summed E-state index contributed by atoms with van der Waals surface area (Å²) in [6.07, 6.45) is 6.85. The maximum Gasteiger partial charge on any atom is 0.319 e. The molecule has 1 amide bonds. The molecular formula is C36H38F2N6O2. The minimum atomic E-state index is -1.05. The third-order valence-electron chi connectivity index (χ3n) is 10.8. The predicted molar refractivity (Wildman–Crippen MR) is 172 cm³/mol. The van der Waals surface area contributed by atoms with E-state index >= 15 is 4.39 Å². The quantitative estimate of drug-likeness (QED) is 0.223. The molecule has 5 aliphatic rings. The van der Waals surface area contributed by atoms with Crippen LogP contribution in [0.25, 0.3) is 26.9 Å². The van der Waals surface area contributed by atoms with E-state index in [0.717, 1.165) is 44.5 Å². The van der Waals surface area contributed by atoms with Crippen molar-refractivity contribution in [1.29, 1.82) is 0 Å². The van der Waals surface area contributed by atoms with Gasteiger partial charge in [-0.3, -0.25) is 4.79 Å². The normalized spacial score (nSPS) is 24.4. The Morgan fingerprint density at radius 3 is 2.70 bits per heavy atom. The standard InChI is InChI=1S/C36H38F2N6O2/c1-22(37)34(45)44-15-14-43(19-25(44)18-39-2)33-28-9-8-27(26-7-5-6-23-16-24-17-29(24)30(23)26)31(38)32(28)40-35(41-33)46-21-36(10-11-36)20-42-12-3-4-13-42/h5-9,24-25,29H,1,3-4,10-21H2/t24?,25-,29?/m0/s1. The Balaban J connectivity index is 1.17. The highest BCUT2D eigenvalue weighted by atomic mass is 19.1. The highest BCUT2D eigenvalue weighted by molar-refractivity contribution is 5.95. The van der Waals surface area contributed by atoms with Crippen molar-refractivity contribution in [3.8, 4) is 17.1 Å². The van der Waals surface area contributed by atoms with Crippen LogP contribution in [0.1, 0.15) is 49.1 Å². The van der Waals surface area contributed by atoms with Crippen LogP contribution in [-0.4, -0.2) is 84.1 Å². The van der Waals surface area contributed by atoms with Crippen molar-refractivity contribution in [2.24, 2.45) is 11.3 Å². The van der Waals surface area contributed by atoms with E-state index in [9.17, 15) is 9.18 Å². The lowest BCUT2D eigenvalue weighted by Gasteiger charge is -2.39. The van der Waals surface area contributed by atoms with Crippen molar-refractivity contribution in [3.05, 3.63) is 71.1 Å². The van der Waals surface area contributed by atoms with Gasteiger partial charge in [-0.25, -0.2) is 15.4 Å². The molecule has 2 saturated heterocycles. The molecule has 0 bridgehead atoms. The maximum absolute atomic E-state index is 16.8. The highest BCUT2D eigenvalue weighted by Gasteiger charge is 2.47. The molecule has 1 aromatic heterocycles. The van der Waals surface area contributed by atoms with Crippen LogP contribution in [0.3, 0.4) is 0 Å². The van der Waals surface area contributed by atoms with Crippen LogP contribution in [0.2, 0.25) is 0 Å². The molecule has 3 atom stereocenters. The van der Waals surface area contributed by atoms with Crippen molar-refractivity contribution < 1.29 is 18.3 Å². The van der Waals surface area contributed by atoms with E-state index in [1.807, 2.05) is 29.2 Å². The lowest BCUT2D eigenvalue weighted by Crippen LogP contribution is -2.56. The Bertz CT molecular complexity index is 1780. The topological polar surface area (TPSA) is 66.2 Å². The number of halogens is 2. The first-order valence-corrected chi connectivity index (χ1v) is 16.6. The molecule has 0 N–H and O–H groups in total. The van der Waals surface area contributed by atoms with Gasteiger partial charge in [-0.05, 0) is 86.2 Å². The molecule has 4 fully saturated rings. The van der Waals surface area contributed by atoms with Gasteiger partial charge in [-0.1, -0.05) is 30.8 Å². The summed E-state index contributed by atoms with van der Waals surface area (Å²) in [7, 11) is 0. The second-order valence-corrected chi connectivity index (χ2v) is 14.0. The summed E-state index contributed by atoms with van der Waals surface area (Å²) in [4.78, 5) is 31.4. The van der Waals surface area contributed by atoms with E-state index in [1.165, 1.54) is 35.3 Å². The fourth-order valence-electron chi connectivity index (χ4n) is 8.10. The number of aromatic nitrogens is 2. The number of hydrogen-bond donors (Lipinski definition) is 0. The van der Waals surface area contributed by atoms with Gasteiger partial charge in [0.25, 0.3) is 5.91 Å². The average Bonchev–Trinajstić information content (AvgIpc) is 3.90. The zero-order valence-corrected chi connectivity index (χ0v) is 26.0. The number of piperazine rings is 1. The van der Waals surface area contributed by atoms with Crippen LogP contribution < -0.4 is 9.64 Å². The summed E-state index contributed by atoms with van der Waals surface area (Å²) < 4.78 is 37.0. The fraction of sp³-hybridized carbons (Fsp3) is 0.500. The van der Waals surface area contributed by atoms with Crippen molar-refractivity contribution in [1.82, 2.24) is 19.8 Å². The van der Waals surface area contributed by atoms with Gasteiger partial charge in [0, 0.05) is 42.5 Å². The fourth-order valence-corrected chi connectivity index (χ4v) is 8.10. The Hall–Kier alpha value is -4.10. The third kappa shape index (κ3) is 5.19. The van der Waals surface area contributed by atoms with Gasteiger partial charge in [-0.2, -0.15) is 9.97 Å². The molecule has 8 nitrogen and oxygen atoms in total. The Morgan fingerprint density at radius 2 is 1.93 bits per heavy atom. The molecule has 2 aliphatic heterocycles. The van der Waals surface area contributed by atoms with Crippen LogP contribution >= 0.6 is 0 Å². The zero-order valence-electron chi connectivity index (χ0n) is 26.0. The highest BCUT2D eigenvalue weighted by Crippen LogP contribution is 2.59. The number of benzene rings is 2. The lowest BCUT2D eigenvalue weighted by atomic mass is 9.93. The van der Waals surface area contributed by atoms with E-state index in [1.54, 1.807) is 0 Å². The number of rotatable bonds is 9. The smallest absolute Gasteiger partial charge is 0.319 e. The van der Waals surface area contributed by atoms with Crippen molar-refractivity contribution in [3.63, 3.8) is 0 Å². The lowest BCUT2D eigenvalue weighted by molar-refractivity contribution is -0.131. The number of anilines is 1. The first kappa shape index (κ1) is 29.3. The number of carbonyl (C=O) groups is 1. The van der Waals surface area contributed by atoms with Gasteiger partial charge < -0.3 is 24.3 Å². The monoisotopic (exact) mass is 624 g/mol. The van der Waals surface area contributed by atoms with E-state index < -0.39 is 23.6 Å². The first-order valence-electron chi connectivity index (χ1n) is 16.6. The molecule has 2 unspecified atom stereocenters. The van der Waals surface area contributed by atoms with Crippen molar-refractivity contribution >= 4 is 22.6 Å². The maximum atomic E-state index is 16.8. The van der Waals surface area contributed by atoms with E-state index in [4.69, 9.17) is 21.3 Å². The van der Waals surface area contributed by atoms with Crippen LogP contribution in [0.5, 0.6) is 6.01 Å². The van der Waals surface area contributed by atoms with Crippen molar-refractivity contribution in [2.75, 3.05) is 57.3 Å². The van der Waals surface area contributed by atoms with Crippen molar-refractivity contribution in [2.45, 2.75) is 50.5 Å². The largest absolute Gasteiger partial charge is 0.463 e. The Morgan fingerprint density at radius 1 is 1.11 bits per heavy atom. The summed E-state index contributed by atoms with van der Waals surface area (Å²) >= 11 is 0. The molecule has 2 aromatic carbocycles. The summed E-state index contributed by atoms with van der Waals surface area (Å²) in [5, 5.41) is 0.542. The summed E-state index contributed by atoms with van der Waals surface area (Å²) in [6, 6.07) is 9.46. The number of fused-ring (bicyclic) bond motifs is 4. The molecule has 3 aliphatic carbocycles. The number of nitrogens with zero attached hydrogens (tertiary/aromatic N) is 6. The van der Waals surface area contributed by atoms with Gasteiger partial charge >= 0.3 is 6.01 Å². The number of amides is 1. The molecule has 2 saturated carbocycles. The minimum absolute atomic E-state index is 0.000695. The molecule has 8 rings (SSSR count). The van der Waals surface area contributed by atoms with Gasteiger partial charge in [0.2, 0.25) is 6.54 Å². The molecule has 3 aromatic rings. The molecule has 238 valence electrons. The Labute approximate surface area is 267 Å². The molecule has 0 spiro atoms. The van der Waals surface area contributed by atoms with Crippen LogP contribution in [0.4, 0.5) is 14.6 Å². The number of ether oxygens (including phenoxy) is 1. The molecule has 10 heteroatoms. The zero-order chi connectivity index (χ0) is 31.6. The number of carbonyl (C=O) groups excluding carboxylic acids is 1. The summed E-state index contributed by atoms with van der Waals surface area (Å²) in [6.45, 7) is 15.1. The summed E-state index contributed by atoms with van der Waals surface area (Å²) in [5.41, 5.74) is 4.31. The van der Waals surface area contributed by atoms with E-state index in [-0.39, 0.29) is 36.6 Å². The number of hydrogen-bond acceptors (Lipinski definition) is 6. The molecule has 3 heterocycles. The predicted octanol–water partition coefficient (Wildman–Crippen LogP) is 5.77. The van der Waals surface area contributed by atoms with Crippen LogP contribution in [0, 0.1) is 23.7 Å². The van der Waals surface area contributed by atoms with Gasteiger partial charge in [0.05, 0.1) is 6.61 Å². The van der Waals surface area contributed by atoms with E-state index in [0.29, 0.717) is 41.8 Å². The second-order valence-electron chi connectivity index (χ2n) is 14.0. The van der Waals surface area contributed by atoms with Gasteiger partial charge in [-0.15, -0.1) is 0 Å². The molecule has 46 heavy (non-hydrogen) atoms. The number of likely N-dealkylation sites (tertiary alicyclic amines) is 1. The second kappa shape index (κ2) is 11.3. The minimum Gasteiger partial charge on any atom is -0.463 e. The van der Waals surface area contributed by atoms with Gasteiger partial charge in [0.15, 0.2) is 11.6 Å². The summed E-state index contributed by atoms with van der Waals surface area (Å²) in [5.74, 6) is -0.577. The Kier molecular flexibility index (Phi) is 7.20.